The number of rotatable bonds is 5. The van der Waals surface area contributed by atoms with Gasteiger partial charge in [0, 0.05) is 30.1 Å². The average molecular weight is 338 g/mol. The first-order valence-corrected chi connectivity index (χ1v) is 7.95. The van der Waals surface area contributed by atoms with E-state index < -0.39 is 4.92 Å². The first-order chi connectivity index (χ1) is 12.0. The molecule has 7 heteroatoms. The molecule has 1 amide bonds. The molecule has 7 nitrogen and oxygen atoms in total. The van der Waals surface area contributed by atoms with Crippen molar-refractivity contribution >= 4 is 22.5 Å². The number of nitrogens with zero attached hydrogens (tertiary/aromatic N) is 3. The Kier molecular flexibility index (Phi) is 4.47. The molecule has 0 bridgehead atoms. The van der Waals surface area contributed by atoms with Crippen LogP contribution in [0.3, 0.4) is 0 Å². The highest BCUT2D eigenvalue weighted by Gasteiger charge is 2.24. The molecule has 0 aliphatic heterocycles. The van der Waals surface area contributed by atoms with Crippen molar-refractivity contribution in [1.29, 1.82) is 0 Å². The molecule has 25 heavy (non-hydrogen) atoms. The number of hydrogen-bond acceptors (Lipinski definition) is 4. The summed E-state index contributed by atoms with van der Waals surface area (Å²) >= 11 is 0. The quantitative estimate of drug-likeness (QED) is 0.569. The summed E-state index contributed by atoms with van der Waals surface area (Å²) in [6.45, 7) is 4.30. The smallest absolute Gasteiger partial charge is 0.275 e. The number of carbonyl (C=O) groups is 1. The van der Waals surface area contributed by atoms with E-state index in [9.17, 15) is 14.9 Å². The minimum Gasteiger partial charge on any atom is -0.330 e. The molecular formula is C18H18N4O3. The Labute approximate surface area is 144 Å². The summed E-state index contributed by atoms with van der Waals surface area (Å²) in [4.78, 5) is 25.2. The number of non-ortho nitro benzene ring substituents is 1. The van der Waals surface area contributed by atoms with Gasteiger partial charge in [-0.3, -0.25) is 20.0 Å². The number of fused-ring (bicyclic) bond motifs is 1. The maximum absolute atomic E-state index is 13.0. The summed E-state index contributed by atoms with van der Waals surface area (Å²) in [5.74, 6) is -0.259. The summed E-state index contributed by atoms with van der Waals surface area (Å²) in [6.07, 6.45) is 0. The highest BCUT2D eigenvalue weighted by Crippen LogP contribution is 2.24. The van der Waals surface area contributed by atoms with Crippen molar-refractivity contribution in [2.45, 2.75) is 26.4 Å². The van der Waals surface area contributed by atoms with Crippen LogP contribution >= 0.6 is 0 Å². The molecule has 0 fully saturated rings. The van der Waals surface area contributed by atoms with E-state index >= 15 is 0 Å². The highest BCUT2D eigenvalue weighted by molar-refractivity contribution is 6.05. The maximum atomic E-state index is 13.0. The fourth-order valence-electron chi connectivity index (χ4n) is 2.68. The van der Waals surface area contributed by atoms with Crippen molar-refractivity contribution in [3.05, 3.63) is 69.9 Å². The second-order valence-electron chi connectivity index (χ2n) is 6.07. The number of amides is 1. The SMILES string of the molecule is CC(C)N(Cc1ccccc1)C(=O)c1n[nH]c2ccc([N+](=O)[O-])cc12. The van der Waals surface area contributed by atoms with Crippen molar-refractivity contribution in [2.24, 2.45) is 0 Å². The Morgan fingerprint density at radius 2 is 1.96 bits per heavy atom. The number of aromatic amines is 1. The first-order valence-electron chi connectivity index (χ1n) is 7.95. The van der Waals surface area contributed by atoms with Crippen LogP contribution in [0, 0.1) is 10.1 Å². The van der Waals surface area contributed by atoms with Crippen LogP contribution < -0.4 is 0 Å². The molecule has 0 aliphatic rings. The average Bonchev–Trinajstić information content (AvgIpc) is 3.02. The van der Waals surface area contributed by atoms with Gasteiger partial charge in [-0.1, -0.05) is 30.3 Å². The number of nitro groups is 1. The van der Waals surface area contributed by atoms with Crippen LogP contribution in [0.15, 0.2) is 48.5 Å². The van der Waals surface area contributed by atoms with Crippen LogP contribution in [0.25, 0.3) is 10.9 Å². The standard InChI is InChI=1S/C18H18N4O3/c1-12(2)21(11-13-6-4-3-5-7-13)18(23)17-15-10-14(22(24)25)8-9-16(15)19-20-17/h3-10,12H,11H2,1-2H3,(H,19,20). The molecule has 0 saturated carbocycles. The highest BCUT2D eigenvalue weighted by atomic mass is 16.6. The lowest BCUT2D eigenvalue weighted by molar-refractivity contribution is -0.384. The third kappa shape index (κ3) is 3.35. The number of benzene rings is 2. The van der Waals surface area contributed by atoms with E-state index in [0.717, 1.165) is 5.56 Å². The molecule has 0 saturated heterocycles. The van der Waals surface area contributed by atoms with E-state index in [-0.39, 0.29) is 23.3 Å². The molecule has 0 atom stereocenters. The zero-order valence-corrected chi connectivity index (χ0v) is 14.0. The van der Waals surface area contributed by atoms with Crippen LogP contribution in [0.5, 0.6) is 0 Å². The molecular weight excluding hydrogens is 320 g/mol. The number of H-pyrrole nitrogens is 1. The van der Waals surface area contributed by atoms with E-state index in [2.05, 4.69) is 10.2 Å². The van der Waals surface area contributed by atoms with Crippen LogP contribution in [0.2, 0.25) is 0 Å². The van der Waals surface area contributed by atoms with E-state index in [1.165, 1.54) is 12.1 Å². The largest absolute Gasteiger partial charge is 0.330 e. The van der Waals surface area contributed by atoms with Crippen molar-refractivity contribution in [1.82, 2.24) is 15.1 Å². The fraction of sp³-hybridized carbons (Fsp3) is 0.222. The van der Waals surface area contributed by atoms with Crippen LogP contribution in [-0.4, -0.2) is 32.0 Å². The number of carbonyl (C=O) groups excluding carboxylic acids is 1. The molecule has 128 valence electrons. The number of nitro benzene ring substituents is 1. The van der Waals surface area contributed by atoms with Gasteiger partial charge in [0.05, 0.1) is 10.4 Å². The Hall–Kier alpha value is -3.22. The van der Waals surface area contributed by atoms with Gasteiger partial charge in [-0.15, -0.1) is 0 Å². The summed E-state index contributed by atoms with van der Waals surface area (Å²) in [5, 5.41) is 18.3. The van der Waals surface area contributed by atoms with Crippen molar-refractivity contribution in [3.63, 3.8) is 0 Å². The molecule has 3 aromatic rings. The van der Waals surface area contributed by atoms with Gasteiger partial charge < -0.3 is 4.90 Å². The summed E-state index contributed by atoms with van der Waals surface area (Å²) in [7, 11) is 0. The van der Waals surface area contributed by atoms with Gasteiger partial charge in [-0.05, 0) is 25.5 Å². The van der Waals surface area contributed by atoms with Gasteiger partial charge in [0.25, 0.3) is 11.6 Å². The van der Waals surface area contributed by atoms with E-state index in [1.807, 2.05) is 44.2 Å². The number of aromatic nitrogens is 2. The first kappa shape index (κ1) is 16.6. The molecule has 1 heterocycles. The Morgan fingerprint density at radius 1 is 1.24 bits per heavy atom. The Bertz CT molecular complexity index is 918. The van der Waals surface area contributed by atoms with Crippen molar-refractivity contribution in [2.75, 3.05) is 0 Å². The van der Waals surface area contributed by atoms with Crippen molar-refractivity contribution in [3.8, 4) is 0 Å². The fourth-order valence-corrected chi connectivity index (χ4v) is 2.68. The second kappa shape index (κ2) is 6.72. The molecule has 0 aliphatic carbocycles. The minimum absolute atomic E-state index is 0.0434. The molecule has 2 aromatic carbocycles. The lowest BCUT2D eigenvalue weighted by Gasteiger charge is -2.26. The maximum Gasteiger partial charge on any atom is 0.275 e. The number of nitrogens with one attached hydrogen (secondary N) is 1. The van der Waals surface area contributed by atoms with Gasteiger partial charge in [0.15, 0.2) is 5.69 Å². The van der Waals surface area contributed by atoms with Gasteiger partial charge in [0.1, 0.15) is 0 Å². The molecule has 1 aromatic heterocycles. The monoisotopic (exact) mass is 338 g/mol. The van der Waals surface area contributed by atoms with Crippen molar-refractivity contribution < 1.29 is 9.72 Å². The minimum atomic E-state index is -0.481. The molecule has 0 radical (unpaired) electrons. The predicted octanol–water partition coefficient (Wildman–Crippen LogP) is 3.52. The van der Waals surface area contributed by atoms with E-state index in [1.54, 1.807) is 11.0 Å². The summed E-state index contributed by atoms with van der Waals surface area (Å²) in [5.41, 5.74) is 1.73. The molecule has 1 N–H and O–H groups in total. The summed E-state index contributed by atoms with van der Waals surface area (Å²) in [6, 6.07) is 14.0. The van der Waals surface area contributed by atoms with Crippen LogP contribution in [0.1, 0.15) is 29.9 Å². The summed E-state index contributed by atoms with van der Waals surface area (Å²) < 4.78 is 0. The topological polar surface area (TPSA) is 92.1 Å². The van der Waals surface area contributed by atoms with E-state index in [0.29, 0.717) is 17.4 Å². The lowest BCUT2D eigenvalue weighted by atomic mass is 10.1. The van der Waals surface area contributed by atoms with E-state index in [4.69, 9.17) is 0 Å². The number of hydrogen-bond donors (Lipinski definition) is 1. The zero-order valence-electron chi connectivity index (χ0n) is 14.0. The third-order valence-corrected chi connectivity index (χ3v) is 4.04. The molecule has 0 spiro atoms. The molecule has 0 unspecified atom stereocenters. The van der Waals surface area contributed by atoms with Crippen LogP contribution in [-0.2, 0) is 6.54 Å². The van der Waals surface area contributed by atoms with Crippen LogP contribution in [0.4, 0.5) is 5.69 Å². The normalized spacial score (nSPS) is 11.0. The third-order valence-electron chi connectivity index (χ3n) is 4.04. The van der Waals surface area contributed by atoms with Gasteiger partial charge >= 0.3 is 0 Å². The Morgan fingerprint density at radius 3 is 2.60 bits per heavy atom. The Balaban J connectivity index is 1.98. The van der Waals surface area contributed by atoms with Gasteiger partial charge in [-0.2, -0.15) is 5.10 Å². The predicted molar refractivity (Wildman–Crippen MR) is 94.2 cm³/mol. The van der Waals surface area contributed by atoms with Gasteiger partial charge in [-0.25, -0.2) is 0 Å². The zero-order chi connectivity index (χ0) is 18.0. The van der Waals surface area contributed by atoms with Gasteiger partial charge in [0.2, 0.25) is 0 Å². The second-order valence-corrected chi connectivity index (χ2v) is 6.07. The molecule has 3 rings (SSSR count). The lowest BCUT2D eigenvalue weighted by Crippen LogP contribution is -2.36.